The third-order valence-corrected chi connectivity index (χ3v) is 3.81. The molecule has 2 rings (SSSR count). The minimum Gasteiger partial charge on any atom is -0.480 e. The van der Waals surface area contributed by atoms with E-state index in [1.54, 1.807) is 6.92 Å². The highest BCUT2D eigenvalue weighted by atomic mass is 19.4. The second kappa shape index (κ2) is 5.63. The molecule has 0 aromatic heterocycles. The molecule has 1 N–H and O–H groups in total. The molecule has 0 spiro atoms. The number of halogens is 4. The summed E-state index contributed by atoms with van der Waals surface area (Å²) in [7, 11) is 0. The number of rotatable bonds is 3. The van der Waals surface area contributed by atoms with Crippen molar-refractivity contribution in [2.75, 3.05) is 6.54 Å². The molecule has 21 heavy (non-hydrogen) atoms. The lowest BCUT2D eigenvalue weighted by atomic mass is 10.0. The van der Waals surface area contributed by atoms with Crippen molar-refractivity contribution in [2.24, 2.45) is 5.92 Å². The molecular weight excluding hydrogens is 290 g/mol. The third-order valence-electron chi connectivity index (χ3n) is 3.81. The zero-order valence-electron chi connectivity index (χ0n) is 11.3. The molecule has 1 aromatic rings. The molecule has 1 saturated heterocycles. The molecule has 2 unspecified atom stereocenters. The molecule has 1 aromatic carbocycles. The Morgan fingerprint density at radius 3 is 2.67 bits per heavy atom. The van der Waals surface area contributed by atoms with Crippen LogP contribution < -0.4 is 0 Å². The van der Waals surface area contributed by atoms with Gasteiger partial charge in [-0.1, -0.05) is 13.0 Å². The lowest BCUT2D eigenvalue weighted by Gasteiger charge is -2.24. The number of aliphatic carboxylic acids is 1. The van der Waals surface area contributed by atoms with Crippen molar-refractivity contribution < 1.29 is 27.5 Å². The SMILES string of the molecule is CC1CCN(Cc2ccc(F)cc2C(F)(F)F)C1C(=O)O. The van der Waals surface area contributed by atoms with Crippen molar-refractivity contribution in [3.05, 3.63) is 35.1 Å². The van der Waals surface area contributed by atoms with E-state index in [-0.39, 0.29) is 18.0 Å². The fourth-order valence-electron chi connectivity index (χ4n) is 2.77. The summed E-state index contributed by atoms with van der Waals surface area (Å²) >= 11 is 0. The normalized spacial score (nSPS) is 23.5. The average molecular weight is 305 g/mol. The van der Waals surface area contributed by atoms with Crippen LogP contribution in [0.25, 0.3) is 0 Å². The summed E-state index contributed by atoms with van der Waals surface area (Å²) in [6, 6.07) is 1.67. The number of hydrogen-bond acceptors (Lipinski definition) is 2. The Balaban J connectivity index is 2.30. The van der Waals surface area contributed by atoms with Gasteiger partial charge in [-0.15, -0.1) is 0 Å². The molecule has 7 heteroatoms. The van der Waals surface area contributed by atoms with Crippen LogP contribution in [0.2, 0.25) is 0 Å². The van der Waals surface area contributed by atoms with Crippen molar-refractivity contribution in [1.82, 2.24) is 4.90 Å². The van der Waals surface area contributed by atoms with Gasteiger partial charge in [-0.3, -0.25) is 9.69 Å². The molecule has 0 bridgehead atoms. The van der Waals surface area contributed by atoms with E-state index < -0.39 is 29.6 Å². The molecule has 0 saturated carbocycles. The van der Waals surface area contributed by atoms with E-state index in [1.165, 1.54) is 4.90 Å². The van der Waals surface area contributed by atoms with E-state index in [9.17, 15) is 27.5 Å². The van der Waals surface area contributed by atoms with E-state index in [1.807, 2.05) is 0 Å². The number of hydrogen-bond donors (Lipinski definition) is 1. The smallest absolute Gasteiger partial charge is 0.416 e. The molecular formula is C14H15F4NO2. The largest absolute Gasteiger partial charge is 0.480 e. The number of benzene rings is 1. The number of nitrogens with zero attached hydrogens (tertiary/aromatic N) is 1. The first-order valence-electron chi connectivity index (χ1n) is 6.52. The standard InChI is InChI=1S/C14H15F4NO2/c1-8-4-5-19(12(8)13(20)21)7-9-2-3-10(15)6-11(9)14(16,17)18/h2-3,6,8,12H,4-5,7H2,1H3,(H,20,21). The summed E-state index contributed by atoms with van der Waals surface area (Å²) in [5, 5.41) is 9.18. The van der Waals surface area contributed by atoms with Crippen LogP contribution in [0.3, 0.4) is 0 Å². The number of carboxylic acid groups (broad SMARTS) is 1. The Labute approximate surface area is 119 Å². The van der Waals surface area contributed by atoms with Crippen molar-refractivity contribution >= 4 is 5.97 Å². The van der Waals surface area contributed by atoms with E-state index in [4.69, 9.17) is 0 Å². The van der Waals surface area contributed by atoms with Gasteiger partial charge in [0.2, 0.25) is 0 Å². The molecule has 116 valence electrons. The van der Waals surface area contributed by atoms with Crippen LogP contribution >= 0.6 is 0 Å². The summed E-state index contributed by atoms with van der Waals surface area (Å²) in [6.07, 6.45) is -4.05. The lowest BCUT2D eigenvalue weighted by molar-refractivity contribution is -0.143. The fraction of sp³-hybridized carbons (Fsp3) is 0.500. The molecule has 1 heterocycles. The van der Waals surface area contributed by atoms with Crippen molar-refractivity contribution in [3.63, 3.8) is 0 Å². The van der Waals surface area contributed by atoms with Crippen molar-refractivity contribution in [2.45, 2.75) is 32.1 Å². The van der Waals surface area contributed by atoms with Gasteiger partial charge in [-0.05, 0) is 36.6 Å². The Morgan fingerprint density at radius 2 is 2.10 bits per heavy atom. The van der Waals surface area contributed by atoms with Crippen LogP contribution in [0, 0.1) is 11.7 Å². The number of carbonyl (C=O) groups is 1. The maximum atomic E-state index is 13.1. The molecule has 1 fully saturated rings. The highest BCUT2D eigenvalue weighted by Crippen LogP contribution is 2.34. The summed E-state index contributed by atoms with van der Waals surface area (Å²) in [5.74, 6) is -2.14. The third kappa shape index (κ3) is 3.34. The number of likely N-dealkylation sites (tertiary alicyclic amines) is 1. The average Bonchev–Trinajstić information content (AvgIpc) is 2.71. The number of alkyl halides is 3. The highest BCUT2D eigenvalue weighted by Gasteiger charge is 2.39. The second-order valence-corrected chi connectivity index (χ2v) is 5.32. The van der Waals surface area contributed by atoms with Gasteiger partial charge in [0.1, 0.15) is 11.9 Å². The minimum atomic E-state index is -4.67. The Morgan fingerprint density at radius 1 is 1.43 bits per heavy atom. The predicted octanol–water partition coefficient (Wildman–Crippen LogP) is 3.14. The molecule has 0 radical (unpaired) electrons. The fourth-order valence-corrected chi connectivity index (χ4v) is 2.77. The molecule has 1 aliphatic rings. The van der Waals surface area contributed by atoms with Gasteiger partial charge < -0.3 is 5.11 Å². The predicted molar refractivity (Wildman–Crippen MR) is 67.0 cm³/mol. The zero-order valence-corrected chi connectivity index (χ0v) is 11.3. The van der Waals surface area contributed by atoms with Crippen LogP contribution in [0.4, 0.5) is 17.6 Å². The van der Waals surface area contributed by atoms with Crippen LogP contribution in [-0.4, -0.2) is 28.6 Å². The zero-order chi connectivity index (χ0) is 15.8. The molecule has 0 aliphatic carbocycles. The van der Waals surface area contributed by atoms with E-state index in [0.29, 0.717) is 19.0 Å². The topological polar surface area (TPSA) is 40.5 Å². The van der Waals surface area contributed by atoms with Gasteiger partial charge >= 0.3 is 12.1 Å². The van der Waals surface area contributed by atoms with Gasteiger partial charge in [0.15, 0.2) is 0 Å². The monoisotopic (exact) mass is 305 g/mol. The van der Waals surface area contributed by atoms with E-state index in [0.717, 1.165) is 12.1 Å². The number of carboxylic acids is 1. The Hall–Kier alpha value is -1.63. The van der Waals surface area contributed by atoms with Crippen LogP contribution in [0.15, 0.2) is 18.2 Å². The summed E-state index contributed by atoms with van der Waals surface area (Å²) in [6.45, 7) is 2.01. The van der Waals surface area contributed by atoms with Gasteiger partial charge in [0, 0.05) is 6.54 Å². The van der Waals surface area contributed by atoms with Gasteiger partial charge in [0.05, 0.1) is 5.56 Å². The van der Waals surface area contributed by atoms with Crippen molar-refractivity contribution in [3.8, 4) is 0 Å². The first-order valence-corrected chi connectivity index (χ1v) is 6.52. The lowest BCUT2D eigenvalue weighted by Crippen LogP contribution is -2.38. The molecule has 0 amide bonds. The highest BCUT2D eigenvalue weighted by molar-refractivity contribution is 5.74. The minimum absolute atomic E-state index is 0.107. The Kier molecular flexibility index (Phi) is 4.22. The van der Waals surface area contributed by atoms with Crippen molar-refractivity contribution in [1.29, 1.82) is 0 Å². The van der Waals surface area contributed by atoms with Gasteiger partial charge in [-0.2, -0.15) is 13.2 Å². The maximum absolute atomic E-state index is 13.1. The maximum Gasteiger partial charge on any atom is 0.416 e. The first-order chi connectivity index (χ1) is 9.70. The molecule has 1 aliphatic heterocycles. The molecule has 2 atom stereocenters. The van der Waals surface area contributed by atoms with Gasteiger partial charge in [-0.25, -0.2) is 4.39 Å². The quantitative estimate of drug-likeness (QED) is 0.872. The van der Waals surface area contributed by atoms with E-state index in [2.05, 4.69) is 0 Å². The van der Waals surface area contributed by atoms with Crippen LogP contribution in [0.5, 0.6) is 0 Å². The van der Waals surface area contributed by atoms with Gasteiger partial charge in [0.25, 0.3) is 0 Å². The first kappa shape index (κ1) is 15.8. The van der Waals surface area contributed by atoms with Crippen LogP contribution in [0.1, 0.15) is 24.5 Å². The molecule has 3 nitrogen and oxygen atoms in total. The second-order valence-electron chi connectivity index (χ2n) is 5.32. The Bertz CT molecular complexity index is 544. The summed E-state index contributed by atoms with van der Waals surface area (Å²) in [5.41, 5.74) is -1.16. The summed E-state index contributed by atoms with van der Waals surface area (Å²) < 4.78 is 51.8. The summed E-state index contributed by atoms with van der Waals surface area (Å²) in [4.78, 5) is 12.7. The van der Waals surface area contributed by atoms with Crippen LogP contribution in [-0.2, 0) is 17.5 Å². The van der Waals surface area contributed by atoms with E-state index >= 15 is 0 Å².